The molecule has 6 heteroatoms. The Morgan fingerprint density at radius 1 is 1.00 bits per heavy atom. The number of benzene rings is 2. The van der Waals surface area contributed by atoms with Crippen LogP contribution in [0.5, 0.6) is 0 Å². The molecule has 0 saturated carbocycles. The van der Waals surface area contributed by atoms with Crippen LogP contribution >= 0.6 is 11.8 Å². The number of amides is 2. The van der Waals surface area contributed by atoms with Crippen LogP contribution < -0.4 is 15.5 Å². The van der Waals surface area contributed by atoms with Gasteiger partial charge in [-0.25, -0.2) is 0 Å². The Morgan fingerprint density at radius 2 is 1.68 bits per heavy atom. The number of carbonyl (C=O) groups excluding carboxylic acids is 2. The monoisotopic (exact) mass is 358 g/mol. The number of hydrogen-bond donors (Lipinski definition) is 3. The van der Waals surface area contributed by atoms with Crippen LogP contribution in [0.1, 0.15) is 5.56 Å². The molecule has 0 heterocycles. The van der Waals surface area contributed by atoms with Crippen LogP contribution in [0, 0.1) is 6.92 Å². The Balaban J connectivity index is 1.83. The zero-order valence-corrected chi connectivity index (χ0v) is 15.6. The number of nitrogens with one attached hydrogen (secondary N) is 3. The average molecular weight is 358 g/mol. The minimum atomic E-state index is -0.111. The lowest BCUT2D eigenvalue weighted by Gasteiger charge is -2.15. The molecule has 0 radical (unpaired) electrons. The lowest BCUT2D eigenvalue weighted by molar-refractivity contribution is -0.862. The molecule has 1 atom stereocenters. The molecule has 0 aliphatic carbocycles. The molecule has 0 aromatic heterocycles. The summed E-state index contributed by atoms with van der Waals surface area (Å²) in [5, 5.41) is 5.77. The second kappa shape index (κ2) is 9.25. The molecule has 0 aliphatic rings. The number of rotatable bonds is 7. The van der Waals surface area contributed by atoms with Crippen molar-refractivity contribution in [1.82, 2.24) is 0 Å². The van der Waals surface area contributed by atoms with E-state index in [1.54, 1.807) is 11.8 Å². The van der Waals surface area contributed by atoms with Gasteiger partial charge in [0.05, 0.1) is 12.7 Å². The Hall–Kier alpha value is -2.31. The van der Waals surface area contributed by atoms with Crippen LogP contribution in [0.2, 0.25) is 0 Å². The standard InChI is InChI=1S/C19H23N3O2S/c1-14-7-6-8-15(11-14)20-18(23)12-22(2)13-19(24)21-16-9-4-5-10-17(16)25-3/h4-11H,12-13H2,1-3H3,(H,20,23)(H,21,24)/p+1. The summed E-state index contributed by atoms with van der Waals surface area (Å²) in [4.78, 5) is 26.2. The molecule has 25 heavy (non-hydrogen) atoms. The molecule has 0 spiro atoms. The average Bonchev–Trinajstić information content (AvgIpc) is 2.54. The van der Waals surface area contributed by atoms with Gasteiger partial charge in [0.25, 0.3) is 11.8 Å². The molecule has 5 nitrogen and oxygen atoms in total. The summed E-state index contributed by atoms with van der Waals surface area (Å²) < 4.78 is 0. The van der Waals surface area contributed by atoms with E-state index in [4.69, 9.17) is 0 Å². The van der Waals surface area contributed by atoms with Gasteiger partial charge in [0.2, 0.25) is 0 Å². The molecular formula is C19H24N3O2S+. The van der Waals surface area contributed by atoms with Crippen molar-refractivity contribution in [2.24, 2.45) is 0 Å². The van der Waals surface area contributed by atoms with Gasteiger partial charge >= 0.3 is 0 Å². The van der Waals surface area contributed by atoms with Gasteiger partial charge in [-0.3, -0.25) is 9.59 Å². The van der Waals surface area contributed by atoms with Crippen molar-refractivity contribution in [3.05, 3.63) is 54.1 Å². The van der Waals surface area contributed by atoms with Gasteiger partial charge < -0.3 is 15.5 Å². The number of hydrogen-bond acceptors (Lipinski definition) is 3. The van der Waals surface area contributed by atoms with E-state index < -0.39 is 0 Å². The van der Waals surface area contributed by atoms with Gasteiger partial charge in [-0.05, 0) is 43.0 Å². The Kier molecular flexibility index (Phi) is 7.03. The van der Waals surface area contributed by atoms with Gasteiger partial charge in [0.15, 0.2) is 13.1 Å². The van der Waals surface area contributed by atoms with Crippen molar-refractivity contribution in [3.63, 3.8) is 0 Å². The summed E-state index contributed by atoms with van der Waals surface area (Å²) in [7, 11) is 1.83. The maximum Gasteiger partial charge on any atom is 0.279 e. The summed E-state index contributed by atoms with van der Waals surface area (Å²) in [6, 6.07) is 15.3. The summed E-state index contributed by atoms with van der Waals surface area (Å²) in [6.45, 7) is 2.43. The Morgan fingerprint density at radius 3 is 2.36 bits per heavy atom. The van der Waals surface area contributed by atoms with Crippen LogP contribution in [0.3, 0.4) is 0 Å². The number of likely N-dealkylation sites (N-methyl/N-ethyl adjacent to an activating group) is 1. The van der Waals surface area contributed by atoms with Gasteiger partial charge in [-0.15, -0.1) is 11.8 Å². The van der Waals surface area contributed by atoms with E-state index in [1.165, 1.54) is 0 Å². The molecule has 0 aliphatic heterocycles. The third-order valence-electron chi connectivity index (χ3n) is 3.61. The van der Waals surface area contributed by atoms with Crippen LogP contribution in [0.4, 0.5) is 11.4 Å². The highest BCUT2D eigenvalue weighted by atomic mass is 32.2. The minimum Gasteiger partial charge on any atom is -0.322 e. The molecule has 0 bridgehead atoms. The summed E-state index contributed by atoms with van der Waals surface area (Å²) in [6.07, 6.45) is 1.97. The predicted octanol–water partition coefficient (Wildman–Crippen LogP) is 1.81. The fourth-order valence-corrected chi connectivity index (χ4v) is 3.03. The van der Waals surface area contributed by atoms with E-state index in [9.17, 15) is 9.59 Å². The van der Waals surface area contributed by atoms with Crippen molar-refractivity contribution >= 4 is 35.0 Å². The molecule has 3 N–H and O–H groups in total. The van der Waals surface area contributed by atoms with Crippen molar-refractivity contribution in [3.8, 4) is 0 Å². The third-order valence-corrected chi connectivity index (χ3v) is 4.40. The fraction of sp³-hybridized carbons (Fsp3) is 0.263. The second-order valence-corrected chi connectivity index (χ2v) is 6.82. The largest absolute Gasteiger partial charge is 0.322 e. The maximum atomic E-state index is 12.2. The van der Waals surface area contributed by atoms with E-state index in [0.29, 0.717) is 0 Å². The number of anilines is 2. The first-order valence-corrected chi connectivity index (χ1v) is 9.31. The van der Waals surface area contributed by atoms with E-state index in [1.807, 2.05) is 68.8 Å². The van der Waals surface area contributed by atoms with Gasteiger partial charge in [0.1, 0.15) is 0 Å². The van der Waals surface area contributed by atoms with Gasteiger partial charge in [-0.2, -0.15) is 0 Å². The van der Waals surface area contributed by atoms with Crippen molar-refractivity contribution < 1.29 is 14.5 Å². The zero-order valence-electron chi connectivity index (χ0n) is 14.8. The summed E-state index contributed by atoms with van der Waals surface area (Å²) in [5.74, 6) is -0.220. The van der Waals surface area contributed by atoms with E-state index in [2.05, 4.69) is 10.6 Å². The second-order valence-electron chi connectivity index (χ2n) is 5.98. The van der Waals surface area contributed by atoms with E-state index in [-0.39, 0.29) is 24.9 Å². The molecule has 2 aromatic rings. The molecular weight excluding hydrogens is 334 g/mol. The molecule has 0 saturated heterocycles. The van der Waals surface area contributed by atoms with E-state index >= 15 is 0 Å². The quantitative estimate of drug-likeness (QED) is 0.662. The number of aryl methyl sites for hydroxylation is 1. The van der Waals surface area contributed by atoms with Gasteiger partial charge in [0, 0.05) is 10.6 Å². The summed E-state index contributed by atoms with van der Waals surface area (Å²) >= 11 is 1.58. The Bertz CT molecular complexity index is 749. The van der Waals surface area contributed by atoms with Crippen LogP contribution in [0.15, 0.2) is 53.4 Å². The number of thioether (sulfide) groups is 1. The normalized spacial score (nSPS) is 11.6. The highest BCUT2D eigenvalue weighted by Crippen LogP contribution is 2.24. The first-order valence-electron chi connectivity index (χ1n) is 8.08. The SMILES string of the molecule is CSc1ccccc1NC(=O)C[NH+](C)CC(=O)Nc1cccc(C)c1. The number of carbonyl (C=O) groups is 2. The van der Waals surface area contributed by atoms with Crippen LogP contribution in [-0.2, 0) is 9.59 Å². The molecule has 2 rings (SSSR count). The zero-order chi connectivity index (χ0) is 18.2. The topological polar surface area (TPSA) is 62.6 Å². The number of quaternary nitrogens is 1. The van der Waals surface area contributed by atoms with Crippen LogP contribution in [0.25, 0.3) is 0 Å². The molecule has 0 fully saturated rings. The highest BCUT2D eigenvalue weighted by molar-refractivity contribution is 7.98. The van der Waals surface area contributed by atoms with Crippen LogP contribution in [-0.4, -0.2) is 38.2 Å². The molecule has 2 amide bonds. The van der Waals surface area contributed by atoms with Crippen molar-refractivity contribution in [2.75, 3.05) is 37.0 Å². The fourth-order valence-electron chi connectivity index (χ4n) is 2.48. The van der Waals surface area contributed by atoms with Crippen molar-refractivity contribution in [1.29, 1.82) is 0 Å². The van der Waals surface area contributed by atoms with E-state index in [0.717, 1.165) is 26.7 Å². The number of para-hydroxylation sites is 1. The first-order chi connectivity index (χ1) is 12.0. The molecule has 132 valence electrons. The highest BCUT2D eigenvalue weighted by Gasteiger charge is 2.15. The lowest BCUT2D eigenvalue weighted by atomic mass is 10.2. The molecule has 1 unspecified atom stereocenters. The molecule has 2 aromatic carbocycles. The predicted molar refractivity (Wildman–Crippen MR) is 103 cm³/mol. The minimum absolute atomic E-state index is 0.109. The first kappa shape index (κ1) is 19.0. The Labute approximate surface area is 152 Å². The van der Waals surface area contributed by atoms with Crippen molar-refractivity contribution in [2.45, 2.75) is 11.8 Å². The maximum absolute atomic E-state index is 12.2. The smallest absolute Gasteiger partial charge is 0.279 e. The third kappa shape index (κ3) is 6.25. The van der Waals surface area contributed by atoms with Gasteiger partial charge in [-0.1, -0.05) is 24.3 Å². The lowest BCUT2D eigenvalue weighted by Crippen LogP contribution is -3.11. The summed E-state index contributed by atoms with van der Waals surface area (Å²) in [5.41, 5.74) is 2.67.